The number of pyridine rings is 1. The Kier molecular flexibility index (Phi) is 5.69. The molecular formula is C24H28N2O3. The van der Waals surface area contributed by atoms with Crippen molar-refractivity contribution < 1.29 is 10.2 Å². The maximum Gasteiger partial charge on any atom is 0.248 e. The first kappa shape index (κ1) is 19.7. The highest BCUT2D eigenvalue weighted by atomic mass is 16.3. The summed E-state index contributed by atoms with van der Waals surface area (Å²) in [5.74, 6) is 0.00482. The number of H-pyrrole nitrogens is 1. The lowest BCUT2D eigenvalue weighted by Gasteiger charge is -2.19. The van der Waals surface area contributed by atoms with E-state index in [2.05, 4.69) is 35.4 Å². The van der Waals surface area contributed by atoms with Crippen LogP contribution in [0.4, 0.5) is 0 Å². The van der Waals surface area contributed by atoms with Gasteiger partial charge in [0.1, 0.15) is 5.75 Å². The Morgan fingerprint density at radius 1 is 1.21 bits per heavy atom. The monoisotopic (exact) mass is 392 g/mol. The van der Waals surface area contributed by atoms with Crippen molar-refractivity contribution in [2.45, 2.75) is 51.2 Å². The van der Waals surface area contributed by atoms with Crippen molar-refractivity contribution in [2.75, 3.05) is 6.54 Å². The third kappa shape index (κ3) is 4.07. The lowest BCUT2D eigenvalue weighted by atomic mass is 10.0. The number of aliphatic hydroxyl groups excluding tert-OH is 1. The van der Waals surface area contributed by atoms with Crippen molar-refractivity contribution >= 4 is 10.9 Å². The van der Waals surface area contributed by atoms with Gasteiger partial charge in [-0.05, 0) is 60.1 Å². The Morgan fingerprint density at radius 3 is 2.90 bits per heavy atom. The van der Waals surface area contributed by atoms with Crippen LogP contribution in [0, 0.1) is 0 Å². The van der Waals surface area contributed by atoms with E-state index < -0.39 is 6.10 Å². The fourth-order valence-electron chi connectivity index (χ4n) is 4.33. The molecule has 2 atom stereocenters. The van der Waals surface area contributed by atoms with Crippen molar-refractivity contribution in [2.24, 2.45) is 0 Å². The Labute approximate surface area is 170 Å². The van der Waals surface area contributed by atoms with Gasteiger partial charge in [0, 0.05) is 24.0 Å². The second-order valence-corrected chi connectivity index (χ2v) is 7.94. The standard InChI is InChI=1S/C24H28N2O3/c1-2-3-4-15-5-7-17-16(13-15)6-10-20(17)25-14-22(28)18-8-11-21(27)24-19(18)9-12-23(29)26-24/h5,7-9,11-13,20,22,25,27-28H,2-4,6,10,14H2,1H3,(H,26,29). The zero-order chi connectivity index (χ0) is 20.4. The number of phenols is 1. The number of aromatic nitrogens is 1. The van der Waals surface area contributed by atoms with E-state index in [0.717, 1.165) is 19.3 Å². The summed E-state index contributed by atoms with van der Waals surface area (Å²) in [4.78, 5) is 14.2. The average molecular weight is 392 g/mol. The van der Waals surface area contributed by atoms with Crippen LogP contribution in [0.1, 0.15) is 60.6 Å². The Hall–Kier alpha value is -2.63. The number of rotatable bonds is 7. The fraction of sp³-hybridized carbons (Fsp3) is 0.375. The van der Waals surface area contributed by atoms with E-state index in [4.69, 9.17) is 0 Å². The SMILES string of the molecule is CCCCc1ccc2c(c1)CCC2NCC(O)c1ccc(O)c2[nH]c(=O)ccc12. The van der Waals surface area contributed by atoms with Gasteiger partial charge in [0.25, 0.3) is 0 Å². The van der Waals surface area contributed by atoms with Crippen LogP contribution in [-0.4, -0.2) is 21.7 Å². The summed E-state index contributed by atoms with van der Waals surface area (Å²) in [6.45, 7) is 2.62. The van der Waals surface area contributed by atoms with Gasteiger partial charge in [-0.15, -0.1) is 0 Å². The van der Waals surface area contributed by atoms with E-state index >= 15 is 0 Å². The summed E-state index contributed by atoms with van der Waals surface area (Å²) >= 11 is 0. The van der Waals surface area contributed by atoms with Crippen molar-refractivity contribution in [3.8, 4) is 5.75 Å². The third-order valence-electron chi connectivity index (χ3n) is 5.93. The lowest BCUT2D eigenvalue weighted by Crippen LogP contribution is -2.25. The number of aromatic hydroxyl groups is 1. The molecule has 5 heteroatoms. The molecular weight excluding hydrogens is 364 g/mol. The van der Waals surface area contributed by atoms with E-state index in [1.165, 1.54) is 41.7 Å². The van der Waals surface area contributed by atoms with Crippen LogP contribution in [0.3, 0.4) is 0 Å². The van der Waals surface area contributed by atoms with Gasteiger partial charge in [-0.2, -0.15) is 0 Å². The third-order valence-corrected chi connectivity index (χ3v) is 5.93. The number of nitrogens with one attached hydrogen (secondary N) is 2. The molecule has 3 aromatic rings. The molecule has 0 amide bonds. The topological polar surface area (TPSA) is 85.3 Å². The number of hydrogen-bond acceptors (Lipinski definition) is 4. The van der Waals surface area contributed by atoms with E-state index in [1.807, 2.05) is 0 Å². The predicted octanol–water partition coefficient (Wildman–Crippen LogP) is 3.89. The van der Waals surface area contributed by atoms with Crippen molar-refractivity contribution in [3.63, 3.8) is 0 Å². The van der Waals surface area contributed by atoms with Gasteiger partial charge in [-0.3, -0.25) is 4.79 Å². The van der Waals surface area contributed by atoms with Gasteiger partial charge in [0.05, 0.1) is 11.6 Å². The molecule has 1 aromatic heterocycles. The van der Waals surface area contributed by atoms with Gasteiger partial charge >= 0.3 is 0 Å². The van der Waals surface area contributed by atoms with E-state index in [9.17, 15) is 15.0 Å². The minimum atomic E-state index is -0.739. The van der Waals surface area contributed by atoms with Gasteiger partial charge in [0.15, 0.2) is 0 Å². The van der Waals surface area contributed by atoms with E-state index in [1.54, 1.807) is 12.1 Å². The molecule has 152 valence electrons. The molecule has 5 nitrogen and oxygen atoms in total. The molecule has 4 N–H and O–H groups in total. The Bertz CT molecular complexity index is 1070. The van der Waals surface area contributed by atoms with Crippen molar-refractivity contribution in [1.82, 2.24) is 10.3 Å². The smallest absolute Gasteiger partial charge is 0.248 e. The number of hydrogen-bond donors (Lipinski definition) is 4. The van der Waals surface area contributed by atoms with Crippen LogP contribution in [0.25, 0.3) is 10.9 Å². The molecule has 29 heavy (non-hydrogen) atoms. The minimum Gasteiger partial charge on any atom is -0.506 e. The molecule has 0 fully saturated rings. The molecule has 0 spiro atoms. The second-order valence-electron chi connectivity index (χ2n) is 7.94. The molecule has 0 aliphatic heterocycles. The van der Waals surface area contributed by atoms with Crippen molar-refractivity contribution in [1.29, 1.82) is 0 Å². The highest BCUT2D eigenvalue weighted by Gasteiger charge is 2.23. The summed E-state index contributed by atoms with van der Waals surface area (Å²) < 4.78 is 0. The first-order valence-electron chi connectivity index (χ1n) is 10.4. The molecule has 4 rings (SSSR count). The van der Waals surface area contributed by atoms with Crippen LogP contribution >= 0.6 is 0 Å². The quantitative estimate of drug-likeness (QED) is 0.491. The average Bonchev–Trinajstić information content (AvgIpc) is 3.13. The number of fused-ring (bicyclic) bond motifs is 2. The molecule has 2 unspecified atom stereocenters. The number of aromatic amines is 1. The van der Waals surface area contributed by atoms with E-state index in [-0.39, 0.29) is 17.4 Å². The Balaban J connectivity index is 1.48. The summed E-state index contributed by atoms with van der Waals surface area (Å²) in [7, 11) is 0. The predicted molar refractivity (Wildman–Crippen MR) is 115 cm³/mol. The maximum atomic E-state index is 11.6. The van der Waals surface area contributed by atoms with Gasteiger partial charge in [-0.25, -0.2) is 0 Å². The zero-order valence-electron chi connectivity index (χ0n) is 16.7. The van der Waals surface area contributed by atoms with E-state index in [0.29, 0.717) is 23.0 Å². The zero-order valence-corrected chi connectivity index (χ0v) is 16.7. The fourth-order valence-corrected chi connectivity index (χ4v) is 4.33. The summed E-state index contributed by atoms with van der Waals surface area (Å²) in [6, 6.07) is 13.3. The van der Waals surface area contributed by atoms with Crippen LogP contribution < -0.4 is 10.9 Å². The van der Waals surface area contributed by atoms with Gasteiger partial charge in [-0.1, -0.05) is 37.6 Å². The molecule has 1 aliphatic rings. The number of benzene rings is 2. The molecule has 0 radical (unpaired) electrons. The number of unbranched alkanes of at least 4 members (excludes halogenated alkanes) is 1. The van der Waals surface area contributed by atoms with Crippen LogP contribution in [0.15, 0.2) is 47.3 Å². The number of aryl methyl sites for hydroxylation is 2. The van der Waals surface area contributed by atoms with Crippen LogP contribution in [-0.2, 0) is 12.8 Å². The van der Waals surface area contributed by atoms with Crippen LogP contribution in [0.2, 0.25) is 0 Å². The van der Waals surface area contributed by atoms with Gasteiger partial charge in [0.2, 0.25) is 5.56 Å². The summed E-state index contributed by atoms with van der Waals surface area (Å²) in [5.41, 5.74) is 4.93. The number of phenolic OH excluding ortho intramolecular Hbond substituents is 1. The summed E-state index contributed by atoms with van der Waals surface area (Å²) in [6.07, 6.45) is 4.92. The van der Waals surface area contributed by atoms with Gasteiger partial charge < -0.3 is 20.5 Å². The lowest BCUT2D eigenvalue weighted by molar-refractivity contribution is 0.171. The molecule has 0 bridgehead atoms. The molecule has 2 aromatic carbocycles. The van der Waals surface area contributed by atoms with Crippen LogP contribution in [0.5, 0.6) is 5.75 Å². The second kappa shape index (κ2) is 8.39. The highest BCUT2D eigenvalue weighted by Crippen LogP contribution is 2.33. The normalized spacial score (nSPS) is 16.8. The molecule has 1 aliphatic carbocycles. The Morgan fingerprint density at radius 2 is 2.07 bits per heavy atom. The molecule has 0 saturated carbocycles. The first-order chi connectivity index (χ1) is 14.1. The first-order valence-corrected chi connectivity index (χ1v) is 10.4. The largest absolute Gasteiger partial charge is 0.506 e. The number of aliphatic hydroxyl groups is 1. The maximum absolute atomic E-state index is 11.6. The minimum absolute atomic E-state index is 0.00482. The molecule has 0 saturated heterocycles. The molecule has 1 heterocycles. The highest BCUT2D eigenvalue weighted by molar-refractivity contribution is 5.87. The summed E-state index contributed by atoms with van der Waals surface area (Å²) in [5, 5.41) is 25.0. The van der Waals surface area contributed by atoms with Crippen molar-refractivity contribution in [3.05, 3.63) is 75.1 Å².